The van der Waals surface area contributed by atoms with Crippen LogP contribution in [0.15, 0.2) is 0 Å². The number of carbonyl (C=O) groups is 4. The van der Waals surface area contributed by atoms with E-state index in [1.807, 2.05) is 34.7 Å². The van der Waals surface area contributed by atoms with Gasteiger partial charge in [-0.05, 0) is 74.8 Å². The zero-order valence-electron chi connectivity index (χ0n) is 30.4. The number of hydrogen-bond acceptors (Lipinski definition) is 12. The van der Waals surface area contributed by atoms with E-state index < -0.39 is 88.8 Å². The molecule has 1 amide bonds. The van der Waals surface area contributed by atoms with Gasteiger partial charge in [-0.15, -0.1) is 0 Å². The SMILES string of the molecule is CC[C@H]1OC(=O)[C@H](C)C(=O)[C@H](C)[C@@H](O[C@@H]2O[C@H](C)C[C@H](N(C)C(C)(C)C)[C@H]2O)[C@](C)(OC)C[C@@H](C)C(=O)[C@H](C)C2(O)NC(=O)O[C@]12C. The summed E-state index contributed by atoms with van der Waals surface area (Å²) in [6, 6.07) is -0.331. The quantitative estimate of drug-likeness (QED) is 0.289. The Morgan fingerprint density at radius 1 is 1.04 bits per heavy atom. The number of esters is 1. The molecule has 0 saturated carbocycles. The smallest absolute Gasteiger partial charge is 0.410 e. The molecule has 1 unspecified atom stereocenters. The first-order valence-electron chi connectivity index (χ1n) is 16.8. The van der Waals surface area contributed by atoms with Crippen LogP contribution in [0, 0.1) is 23.7 Å². The average molecular weight is 671 g/mol. The number of likely N-dealkylation sites (N-methyl/N-ethyl adjacent to an activating group) is 1. The molecule has 270 valence electrons. The van der Waals surface area contributed by atoms with E-state index in [1.54, 1.807) is 27.7 Å². The van der Waals surface area contributed by atoms with Gasteiger partial charge in [0.25, 0.3) is 0 Å². The minimum absolute atomic E-state index is 0.0241. The van der Waals surface area contributed by atoms with Crippen LogP contribution in [0.1, 0.15) is 95.4 Å². The van der Waals surface area contributed by atoms with E-state index in [9.17, 15) is 29.4 Å². The highest BCUT2D eigenvalue weighted by molar-refractivity contribution is 6.00. The Morgan fingerprint density at radius 2 is 1.64 bits per heavy atom. The Balaban J connectivity index is 2.12. The van der Waals surface area contributed by atoms with E-state index in [4.69, 9.17) is 23.7 Å². The maximum Gasteiger partial charge on any atom is 0.410 e. The molecule has 0 bridgehead atoms. The number of alkyl carbamates (subject to hydrolysis) is 1. The van der Waals surface area contributed by atoms with Gasteiger partial charge in [-0.2, -0.15) is 0 Å². The number of hydrogen-bond donors (Lipinski definition) is 3. The van der Waals surface area contributed by atoms with Crippen molar-refractivity contribution in [3.05, 3.63) is 0 Å². The summed E-state index contributed by atoms with van der Waals surface area (Å²) in [5.74, 6) is -6.11. The molecule has 3 aliphatic heterocycles. The highest BCUT2D eigenvalue weighted by atomic mass is 16.7. The van der Waals surface area contributed by atoms with Crippen molar-refractivity contribution in [3.63, 3.8) is 0 Å². The lowest BCUT2D eigenvalue weighted by molar-refractivity contribution is -0.298. The van der Waals surface area contributed by atoms with Gasteiger partial charge in [-0.3, -0.25) is 24.6 Å². The number of cyclic esters (lactones) is 1. The van der Waals surface area contributed by atoms with Crippen molar-refractivity contribution in [1.29, 1.82) is 0 Å². The molecule has 3 saturated heterocycles. The number of ketones is 2. The number of aliphatic hydroxyl groups is 2. The van der Waals surface area contributed by atoms with Gasteiger partial charge < -0.3 is 33.9 Å². The fraction of sp³-hybridized carbons (Fsp3) is 0.882. The summed E-state index contributed by atoms with van der Waals surface area (Å²) in [7, 11) is 3.37. The number of rotatable bonds is 5. The summed E-state index contributed by atoms with van der Waals surface area (Å²) in [6.07, 6.45) is -5.14. The number of Topliss-reactive ketones (excluding diaryl/α,β-unsaturated/α-hetero) is 2. The molecule has 0 aromatic heterocycles. The van der Waals surface area contributed by atoms with Crippen molar-refractivity contribution in [2.24, 2.45) is 23.7 Å². The molecule has 3 rings (SSSR count). The van der Waals surface area contributed by atoms with Gasteiger partial charge in [-0.25, -0.2) is 4.79 Å². The van der Waals surface area contributed by atoms with Crippen LogP contribution >= 0.6 is 0 Å². The molecular weight excluding hydrogens is 612 g/mol. The topological polar surface area (TPSA) is 170 Å². The molecule has 0 spiro atoms. The van der Waals surface area contributed by atoms with Crippen LogP contribution < -0.4 is 5.32 Å². The zero-order chi connectivity index (χ0) is 36.0. The lowest BCUT2D eigenvalue weighted by atomic mass is 9.72. The van der Waals surface area contributed by atoms with Crippen molar-refractivity contribution >= 4 is 23.6 Å². The van der Waals surface area contributed by atoms with E-state index in [-0.39, 0.29) is 30.5 Å². The molecular formula is C34H58N2O11. The first kappa shape index (κ1) is 39.3. The Morgan fingerprint density at radius 3 is 2.17 bits per heavy atom. The summed E-state index contributed by atoms with van der Waals surface area (Å²) >= 11 is 0. The molecule has 3 heterocycles. The van der Waals surface area contributed by atoms with Crippen molar-refractivity contribution in [2.75, 3.05) is 14.2 Å². The first-order valence-corrected chi connectivity index (χ1v) is 16.8. The van der Waals surface area contributed by atoms with Crippen LogP contribution in [0.3, 0.4) is 0 Å². The third-order valence-corrected chi connectivity index (χ3v) is 11.0. The number of fused-ring (bicyclic) bond motifs is 1. The Bertz CT molecular complexity index is 1190. The molecule has 13 atom stereocenters. The summed E-state index contributed by atoms with van der Waals surface area (Å²) < 4.78 is 30.1. The number of ether oxygens (including phenoxy) is 5. The van der Waals surface area contributed by atoms with Crippen LogP contribution in [0.2, 0.25) is 0 Å². The zero-order valence-corrected chi connectivity index (χ0v) is 30.4. The van der Waals surface area contributed by atoms with Crippen LogP contribution in [0.5, 0.6) is 0 Å². The van der Waals surface area contributed by atoms with Gasteiger partial charge in [0.2, 0.25) is 0 Å². The minimum atomic E-state index is -2.25. The number of carbonyl (C=O) groups excluding carboxylic acids is 4. The van der Waals surface area contributed by atoms with E-state index in [0.29, 0.717) is 6.42 Å². The minimum Gasteiger partial charge on any atom is -0.457 e. The van der Waals surface area contributed by atoms with Crippen LogP contribution in [-0.4, -0.2) is 112 Å². The summed E-state index contributed by atoms with van der Waals surface area (Å²) in [6.45, 7) is 19.0. The molecule has 47 heavy (non-hydrogen) atoms. The molecule has 13 nitrogen and oxygen atoms in total. The number of aliphatic hydroxyl groups excluding tert-OH is 1. The lowest BCUT2D eigenvalue weighted by Gasteiger charge is -2.49. The maximum atomic E-state index is 14.1. The van der Waals surface area contributed by atoms with E-state index in [0.717, 1.165) is 0 Å². The van der Waals surface area contributed by atoms with Gasteiger partial charge in [0.1, 0.15) is 23.9 Å². The second-order valence-corrected chi connectivity index (χ2v) is 15.3. The van der Waals surface area contributed by atoms with E-state index >= 15 is 0 Å². The fourth-order valence-corrected chi connectivity index (χ4v) is 7.53. The molecule has 3 N–H and O–H groups in total. The summed E-state index contributed by atoms with van der Waals surface area (Å²) in [5.41, 5.74) is -5.70. The molecule has 0 aliphatic carbocycles. The molecule has 13 heteroatoms. The van der Waals surface area contributed by atoms with Crippen LogP contribution in [0.25, 0.3) is 0 Å². The number of methoxy groups -OCH3 is 1. The third-order valence-electron chi connectivity index (χ3n) is 11.0. The number of amides is 1. The standard InChI is InChI=1S/C34H58N2O11/c1-14-23-33(11)34(42,35-30(41)47-33)21(6)24(37)17(2)16-32(10,43-13)27(19(4)25(38)20(5)28(40)45-23)46-29-26(39)22(15-18(3)44-29)36(12)31(7,8)9/h17-23,26-27,29,39,42H,14-16H2,1-13H3,(H,35,41)/t17-,18-,19+,20-,21+,22+,23-,26-,27-,29+,32-,33-,34?/m1/s1. The van der Waals surface area contributed by atoms with Gasteiger partial charge in [0.05, 0.1) is 23.7 Å². The second kappa shape index (κ2) is 14.0. The third kappa shape index (κ3) is 7.26. The highest BCUT2D eigenvalue weighted by Crippen LogP contribution is 2.44. The second-order valence-electron chi connectivity index (χ2n) is 15.3. The monoisotopic (exact) mass is 670 g/mol. The molecule has 0 aromatic rings. The van der Waals surface area contributed by atoms with Crippen LogP contribution in [0.4, 0.5) is 4.79 Å². The molecule has 0 aromatic carbocycles. The normalized spacial score (nSPS) is 44.3. The molecule has 3 fully saturated rings. The molecule has 0 radical (unpaired) electrons. The Labute approximate surface area is 279 Å². The average Bonchev–Trinajstić information content (AvgIpc) is 3.24. The molecule has 3 aliphatic rings. The van der Waals surface area contributed by atoms with E-state index in [1.165, 1.54) is 27.9 Å². The number of nitrogens with zero attached hydrogens (tertiary/aromatic N) is 1. The summed E-state index contributed by atoms with van der Waals surface area (Å²) in [4.78, 5) is 56.4. The Kier molecular flexibility index (Phi) is 11.7. The van der Waals surface area contributed by atoms with Gasteiger partial charge in [-0.1, -0.05) is 27.7 Å². The first-order chi connectivity index (χ1) is 21.5. The van der Waals surface area contributed by atoms with E-state index in [2.05, 4.69) is 10.2 Å². The summed E-state index contributed by atoms with van der Waals surface area (Å²) in [5, 5.41) is 26.0. The largest absolute Gasteiger partial charge is 0.457 e. The predicted octanol–water partition coefficient (Wildman–Crippen LogP) is 2.97. The van der Waals surface area contributed by atoms with Crippen molar-refractivity contribution in [1.82, 2.24) is 10.2 Å². The van der Waals surface area contributed by atoms with Gasteiger partial charge >= 0.3 is 12.1 Å². The van der Waals surface area contributed by atoms with Crippen molar-refractivity contribution in [3.8, 4) is 0 Å². The maximum absolute atomic E-state index is 14.1. The number of nitrogens with one attached hydrogen (secondary N) is 1. The highest BCUT2D eigenvalue weighted by Gasteiger charge is 2.66. The van der Waals surface area contributed by atoms with Gasteiger partial charge in [0.15, 0.2) is 23.4 Å². The predicted molar refractivity (Wildman–Crippen MR) is 171 cm³/mol. The van der Waals surface area contributed by atoms with Crippen molar-refractivity contribution in [2.45, 2.75) is 155 Å². The Hall–Kier alpha value is -2.16. The van der Waals surface area contributed by atoms with Crippen molar-refractivity contribution < 1.29 is 53.1 Å². The lowest BCUT2D eigenvalue weighted by Crippen LogP contribution is -2.67. The fourth-order valence-electron chi connectivity index (χ4n) is 7.53. The van der Waals surface area contributed by atoms with Crippen LogP contribution in [-0.2, 0) is 38.1 Å². The van der Waals surface area contributed by atoms with Gasteiger partial charge in [0, 0.05) is 30.5 Å².